The number of sulfonamides is 1. The lowest BCUT2D eigenvalue weighted by molar-refractivity contribution is -0.182. The monoisotopic (exact) mass is 401 g/mol. The molecule has 9 heteroatoms. The summed E-state index contributed by atoms with van der Waals surface area (Å²) in [5, 5.41) is 3.64. The van der Waals surface area contributed by atoms with E-state index >= 15 is 0 Å². The predicted molar refractivity (Wildman–Crippen MR) is 100 cm³/mol. The summed E-state index contributed by atoms with van der Waals surface area (Å²) in [7, 11) is -3.44. The molecule has 0 spiro atoms. The third-order valence-corrected chi connectivity index (χ3v) is 7.67. The summed E-state index contributed by atoms with van der Waals surface area (Å²) in [6.07, 6.45) is 4.50. The van der Waals surface area contributed by atoms with Gasteiger partial charge in [-0.15, -0.1) is 11.3 Å². The first kappa shape index (κ1) is 19.8. The molecule has 7 nitrogen and oxygen atoms in total. The summed E-state index contributed by atoms with van der Waals surface area (Å²) in [6, 6.07) is 3.33. The number of rotatable bonds is 7. The molecule has 0 aromatic carbocycles. The van der Waals surface area contributed by atoms with E-state index in [4.69, 9.17) is 4.84 Å². The van der Waals surface area contributed by atoms with Gasteiger partial charge in [-0.2, -0.15) is 5.06 Å². The van der Waals surface area contributed by atoms with Crippen LogP contribution < -0.4 is 4.72 Å². The molecule has 2 saturated heterocycles. The molecule has 146 valence electrons. The predicted octanol–water partition coefficient (Wildman–Crippen LogP) is 1.68. The van der Waals surface area contributed by atoms with Crippen LogP contribution in [0.25, 0.3) is 0 Å². The van der Waals surface area contributed by atoms with Crippen LogP contribution in [0, 0.1) is 5.92 Å². The van der Waals surface area contributed by atoms with Gasteiger partial charge in [-0.25, -0.2) is 13.1 Å². The van der Waals surface area contributed by atoms with Gasteiger partial charge in [-0.05, 0) is 43.0 Å². The third kappa shape index (κ3) is 5.50. The summed E-state index contributed by atoms with van der Waals surface area (Å²) >= 11 is 1.21. The number of nitrogens with one attached hydrogen (secondary N) is 1. The van der Waals surface area contributed by atoms with Crippen molar-refractivity contribution in [1.29, 1.82) is 0 Å². The van der Waals surface area contributed by atoms with Gasteiger partial charge in [0.25, 0.3) is 0 Å². The van der Waals surface area contributed by atoms with E-state index in [1.54, 1.807) is 17.5 Å². The van der Waals surface area contributed by atoms with Gasteiger partial charge in [0.05, 0.1) is 6.61 Å². The number of hydrogen-bond acceptors (Lipinski definition) is 6. The molecule has 0 saturated carbocycles. The lowest BCUT2D eigenvalue weighted by atomic mass is 9.98. The van der Waals surface area contributed by atoms with Crippen LogP contribution in [-0.2, 0) is 19.7 Å². The zero-order valence-electron chi connectivity index (χ0n) is 14.9. The number of piperidine rings is 1. The van der Waals surface area contributed by atoms with Crippen molar-refractivity contribution in [2.75, 3.05) is 39.3 Å². The highest BCUT2D eigenvalue weighted by atomic mass is 32.2. The smallest absolute Gasteiger partial charge is 0.250 e. The Bertz CT molecular complexity index is 672. The average Bonchev–Trinajstić information content (AvgIpc) is 3.21. The zero-order valence-corrected chi connectivity index (χ0v) is 16.6. The third-order valence-electron chi connectivity index (χ3n) is 4.84. The molecule has 0 aliphatic carbocycles. The largest absolute Gasteiger partial charge is 0.342 e. The molecule has 0 bridgehead atoms. The molecule has 26 heavy (non-hydrogen) atoms. The lowest BCUT2D eigenvalue weighted by Gasteiger charge is -2.33. The summed E-state index contributed by atoms with van der Waals surface area (Å²) in [5.41, 5.74) is 0. The van der Waals surface area contributed by atoms with E-state index in [0.717, 1.165) is 45.4 Å². The van der Waals surface area contributed by atoms with Crippen molar-refractivity contribution >= 4 is 27.3 Å². The fourth-order valence-electron chi connectivity index (χ4n) is 3.38. The van der Waals surface area contributed by atoms with Gasteiger partial charge in [0, 0.05) is 39.1 Å². The molecule has 1 amide bonds. The van der Waals surface area contributed by atoms with Crippen molar-refractivity contribution in [3.8, 4) is 0 Å². The second kappa shape index (κ2) is 9.27. The van der Waals surface area contributed by atoms with Gasteiger partial charge < -0.3 is 4.90 Å². The minimum atomic E-state index is -3.44. The number of nitrogens with zero attached hydrogens (tertiary/aromatic N) is 2. The van der Waals surface area contributed by atoms with Crippen molar-refractivity contribution in [1.82, 2.24) is 14.7 Å². The number of hydroxylamine groups is 2. The van der Waals surface area contributed by atoms with Crippen LogP contribution in [0.5, 0.6) is 0 Å². The Morgan fingerprint density at radius 1 is 1.31 bits per heavy atom. The molecule has 0 unspecified atom stereocenters. The first-order valence-corrected chi connectivity index (χ1v) is 11.6. The Labute approximate surface area is 159 Å². The van der Waals surface area contributed by atoms with Crippen molar-refractivity contribution in [2.24, 2.45) is 5.92 Å². The molecule has 1 aromatic rings. The summed E-state index contributed by atoms with van der Waals surface area (Å²) in [4.78, 5) is 19.9. The van der Waals surface area contributed by atoms with Crippen molar-refractivity contribution < 1.29 is 18.0 Å². The van der Waals surface area contributed by atoms with Crippen LogP contribution >= 0.6 is 11.3 Å². The summed E-state index contributed by atoms with van der Waals surface area (Å²) < 4.78 is 27.5. The van der Waals surface area contributed by atoms with E-state index < -0.39 is 10.0 Å². The van der Waals surface area contributed by atoms with Gasteiger partial charge in [-0.1, -0.05) is 6.07 Å². The van der Waals surface area contributed by atoms with Gasteiger partial charge in [0.2, 0.25) is 15.9 Å². The van der Waals surface area contributed by atoms with Gasteiger partial charge in [-0.3, -0.25) is 9.63 Å². The Morgan fingerprint density at radius 3 is 2.92 bits per heavy atom. The van der Waals surface area contributed by atoms with Crippen LogP contribution in [0.3, 0.4) is 0 Å². The highest BCUT2D eigenvalue weighted by molar-refractivity contribution is 7.91. The second-order valence-electron chi connectivity index (χ2n) is 6.85. The average molecular weight is 402 g/mol. The van der Waals surface area contributed by atoms with Gasteiger partial charge >= 0.3 is 0 Å². The number of carbonyl (C=O) groups is 1. The summed E-state index contributed by atoms with van der Waals surface area (Å²) in [5.74, 6) is 0.290. The molecular weight excluding hydrogens is 374 g/mol. The number of likely N-dealkylation sites (tertiary alicyclic amines) is 1. The highest BCUT2D eigenvalue weighted by Gasteiger charge is 2.26. The Hall–Kier alpha value is -1.000. The Morgan fingerprint density at radius 2 is 2.19 bits per heavy atom. The number of carbonyl (C=O) groups excluding carboxylic acids is 1. The van der Waals surface area contributed by atoms with Crippen LogP contribution in [0.15, 0.2) is 21.7 Å². The standard InChI is InChI=1S/C17H27N3O4S2/c21-16(7-10-20-9-1-2-11-24-20)19-8-3-5-15(14-19)13-18-26(22,23)17-6-4-12-25-17/h4,6,12,15,18H,1-3,5,7-11,13-14H2/t15-/m0/s1. The van der Waals surface area contributed by atoms with Crippen molar-refractivity contribution in [3.63, 3.8) is 0 Å². The van der Waals surface area contributed by atoms with Crippen molar-refractivity contribution in [3.05, 3.63) is 17.5 Å². The molecule has 3 heterocycles. The maximum Gasteiger partial charge on any atom is 0.250 e. The van der Waals surface area contributed by atoms with Crippen LogP contribution in [0.1, 0.15) is 32.1 Å². The molecule has 1 aromatic heterocycles. The fraction of sp³-hybridized carbons (Fsp3) is 0.706. The summed E-state index contributed by atoms with van der Waals surface area (Å²) in [6.45, 7) is 4.01. The normalized spacial score (nSPS) is 22.5. The van der Waals surface area contributed by atoms with E-state index in [1.165, 1.54) is 11.3 Å². The van der Waals surface area contributed by atoms with Gasteiger partial charge in [0.1, 0.15) is 4.21 Å². The molecular formula is C17H27N3O4S2. The maximum atomic E-state index is 12.5. The molecule has 2 aliphatic heterocycles. The molecule has 2 aliphatic rings. The van der Waals surface area contributed by atoms with E-state index in [2.05, 4.69) is 4.72 Å². The topological polar surface area (TPSA) is 79.0 Å². The van der Waals surface area contributed by atoms with Crippen molar-refractivity contribution in [2.45, 2.75) is 36.3 Å². The van der Waals surface area contributed by atoms with Crippen LogP contribution in [0.4, 0.5) is 0 Å². The first-order chi connectivity index (χ1) is 12.5. The quantitative estimate of drug-likeness (QED) is 0.752. The molecule has 1 atom stereocenters. The SMILES string of the molecule is O=C(CCN1CCCCO1)N1CCC[C@@H](CNS(=O)(=O)c2cccs2)C1. The van der Waals surface area contributed by atoms with Crippen LogP contribution in [-0.4, -0.2) is 63.6 Å². The molecule has 2 fully saturated rings. The van der Waals surface area contributed by atoms with E-state index in [1.807, 2.05) is 9.96 Å². The molecule has 0 radical (unpaired) electrons. The number of thiophene rings is 1. The highest BCUT2D eigenvalue weighted by Crippen LogP contribution is 2.19. The second-order valence-corrected chi connectivity index (χ2v) is 9.79. The Balaban J connectivity index is 1.44. The minimum absolute atomic E-state index is 0.130. The zero-order chi connectivity index (χ0) is 18.4. The first-order valence-electron chi connectivity index (χ1n) is 9.23. The maximum absolute atomic E-state index is 12.5. The van der Waals surface area contributed by atoms with E-state index in [0.29, 0.717) is 30.3 Å². The van der Waals surface area contributed by atoms with Crippen LogP contribution in [0.2, 0.25) is 0 Å². The van der Waals surface area contributed by atoms with Gasteiger partial charge in [0.15, 0.2) is 0 Å². The Kier molecular flexibility index (Phi) is 7.05. The lowest BCUT2D eigenvalue weighted by Crippen LogP contribution is -2.44. The molecule has 3 rings (SSSR count). The number of hydrogen-bond donors (Lipinski definition) is 1. The molecule has 1 N–H and O–H groups in total. The fourth-order valence-corrected chi connectivity index (χ4v) is 5.53. The minimum Gasteiger partial charge on any atom is -0.342 e. The van der Waals surface area contributed by atoms with E-state index in [9.17, 15) is 13.2 Å². The van der Waals surface area contributed by atoms with E-state index in [-0.39, 0.29) is 11.8 Å². The number of amides is 1.